The second-order valence-electron chi connectivity index (χ2n) is 1.78. The minimum absolute atomic E-state index is 0.430. The Bertz CT molecular complexity index is 138. The van der Waals surface area contributed by atoms with Gasteiger partial charge in [-0.05, 0) is 0 Å². The third-order valence-corrected chi connectivity index (χ3v) is 2.15. The Balaban J connectivity index is 2.37. The van der Waals surface area contributed by atoms with E-state index in [1.165, 1.54) is 18.9 Å². The van der Waals surface area contributed by atoms with Crippen molar-refractivity contribution in [2.45, 2.75) is 11.7 Å². The molecular weight excluding hydrogens is 156 g/mol. The van der Waals surface area contributed by atoms with Crippen molar-refractivity contribution < 1.29 is 19.4 Å². The fraction of sp³-hybridized carbons (Fsp3) is 0.800. The summed E-state index contributed by atoms with van der Waals surface area (Å²) in [6, 6.07) is 0. The van der Waals surface area contributed by atoms with Gasteiger partial charge in [0.15, 0.2) is 6.29 Å². The van der Waals surface area contributed by atoms with Gasteiger partial charge in [-0.2, -0.15) is 0 Å². The molecule has 4 nitrogen and oxygen atoms in total. The van der Waals surface area contributed by atoms with Gasteiger partial charge in [-0.1, -0.05) is 0 Å². The molecule has 1 heterocycles. The zero-order valence-electron chi connectivity index (χ0n) is 5.44. The van der Waals surface area contributed by atoms with Crippen LogP contribution in [0.1, 0.15) is 0 Å². The molecule has 0 aromatic rings. The van der Waals surface area contributed by atoms with E-state index in [0.717, 1.165) is 0 Å². The Labute approximate surface area is 62.5 Å². The van der Waals surface area contributed by atoms with Crippen molar-refractivity contribution in [2.24, 2.45) is 0 Å². The molecule has 2 atom stereocenters. The third kappa shape index (κ3) is 1.62. The third-order valence-electron chi connectivity index (χ3n) is 1.06. The number of thioether (sulfide) groups is 1. The van der Waals surface area contributed by atoms with Crippen molar-refractivity contribution in [3.8, 4) is 0 Å². The predicted molar refractivity (Wildman–Crippen MR) is 35.4 cm³/mol. The number of esters is 1. The van der Waals surface area contributed by atoms with E-state index < -0.39 is 17.7 Å². The van der Waals surface area contributed by atoms with Crippen LogP contribution in [0.25, 0.3) is 0 Å². The van der Waals surface area contributed by atoms with Gasteiger partial charge in [-0.3, -0.25) is 0 Å². The maximum atomic E-state index is 10.7. The molecule has 0 aliphatic carbocycles. The van der Waals surface area contributed by atoms with Crippen LogP contribution in [0.4, 0.5) is 0 Å². The highest BCUT2D eigenvalue weighted by Gasteiger charge is 2.30. The van der Waals surface area contributed by atoms with Crippen molar-refractivity contribution >= 4 is 17.7 Å². The summed E-state index contributed by atoms with van der Waals surface area (Å²) in [5.74, 6) is -0.0127. The van der Waals surface area contributed by atoms with Crippen LogP contribution in [0, 0.1) is 0 Å². The molecule has 1 aliphatic rings. The summed E-state index contributed by atoms with van der Waals surface area (Å²) < 4.78 is 9.14. The molecule has 58 valence electrons. The first-order valence-corrected chi connectivity index (χ1v) is 3.82. The maximum Gasteiger partial charge on any atom is 0.345 e. The minimum Gasteiger partial charge on any atom is -0.466 e. The summed E-state index contributed by atoms with van der Waals surface area (Å²) in [5.41, 5.74) is -0.639. The standard InChI is InChI=1S/C5H8O4S/c1-8-4(7)5-9-3(6)2-10-5/h3,5-6H,2H2,1H3/t3-,5+/m0/s1. The molecule has 0 aromatic carbocycles. The molecular formula is C5H8O4S. The van der Waals surface area contributed by atoms with E-state index >= 15 is 0 Å². The molecule has 1 rings (SSSR count). The Morgan fingerprint density at radius 3 is 3.00 bits per heavy atom. The van der Waals surface area contributed by atoms with Crippen molar-refractivity contribution in [3.05, 3.63) is 0 Å². The van der Waals surface area contributed by atoms with Crippen LogP contribution in [0.2, 0.25) is 0 Å². The lowest BCUT2D eigenvalue weighted by molar-refractivity contribution is -0.158. The molecule has 1 N–H and O–H groups in total. The van der Waals surface area contributed by atoms with Crippen LogP contribution >= 0.6 is 11.8 Å². The number of carbonyl (C=O) groups excluding carboxylic acids is 1. The number of carbonyl (C=O) groups is 1. The van der Waals surface area contributed by atoms with E-state index in [1.54, 1.807) is 0 Å². The second-order valence-corrected chi connectivity index (χ2v) is 2.87. The molecule has 0 spiro atoms. The highest BCUT2D eigenvalue weighted by atomic mass is 32.2. The molecule has 10 heavy (non-hydrogen) atoms. The number of aliphatic hydroxyl groups excluding tert-OH is 1. The average Bonchev–Trinajstić information content (AvgIpc) is 2.34. The van der Waals surface area contributed by atoms with Gasteiger partial charge in [-0.25, -0.2) is 4.79 Å². The Morgan fingerprint density at radius 2 is 2.60 bits per heavy atom. The van der Waals surface area contributed by atoms with E-state index in [2.05, 4.69) is 4.74 Å². The van der Waals surface area contributed by atoms with E-state index in [0.29, 0.717) is 5.75 Å². The highest BCUT2D eigenvalue weighted by Crippen LogP contribution is 2.24. The lowest BCUT2D eigenvalue weighted by Gasteiger charge is -2.05. The summed E-state index contributed by atoms with van der Waals surface area (Å²) in [5, 5.41) is 8.79. The second kappa shape index (κ2) is 3.23. The SMILES string of the molecule is COC(=O)[C@@H]1O[C@H](O)CS1. The Kier molecular flexibility index (Phi) is 2.53. The van der Waals surface area contributed by atoms with Gasteiger partial charge >= 0.3 is 5.97 Å². The first kappa shape index (κ1) is 7.84. The average molecular weight is 164 g/mol. The van der Waals surface area contributed by atoms with Crippen LogP contribution in [0.15, 0.2) is 0 Å². The largest absolute Gasteiger partial charge is 0.466 e. The van der Waals surface area contributed by atoms with Crippen LogP contribution in [0.3, 0.4) is 0 Å². The lowest BCUT2D eigenvalue weighted by Crippen LogP contribution is -2.20. The van der Waals surface area contributed by atoms with Gasteiger partial charge < -0.3 is 14.6 Å². The number of rotatable bonds is 1. The van der Waals surface area contributed by atoms with Gasteiger partial charge in [0.2, 0.25) is 5.44 Å². The van der Waals surface area contributed by atoms with E-state index in [-0.39, 0.29) is 0 Å². The van der Waals surface area contributed by atoms with E-state index in [4.69, 9.17) is 9.84 Å². The topological polar surface area (TPSA) is 55.8 Å². The van der Waals surface area contributed by atoms with Crippen LogP contribution < -0.4 is 0 Å². The molecule has 0 bridgehead atoms. The van der Waals surface area contributed by atoms with E-state index in [9.17, 15) is 4.79 Å². The fourth-order valence-corrected chi connectivity index (χ4v) is 1.47. The monoisotopic (exact) mass is 164 g/mol. The number of hydrogen-bond acceptors (Lipinski definition) is 5. The molecule has 0 aromatic heterocycles. The Morgan fingerprint density at radius 1 is 1.90 bits per heavy atom. The first-order valence-electron chi connectivity index (χ1n) is 2.77. The summed E-state index contributed by atoms with van der Waals surface area (Å²) in [7, 11) is 1.29. The number of hydrogen-bond donors (Lipinski definition) is 1. The van der Waals surface area contributed by atoms with Gasteiger partial charge in [0.25, 0.3) is 0 Å². The molecule has 1 saturated heterocycles. The van der Waals surface area contributed by atoms with Gasteiger partial charge in [0.1, 0.15) is 0 Å². The summed E-state index contributed by atoms with van der Waals surface area (Å²) >= 11 is 1.24. The van der Waals surface area contributed by atoms with Gasteiger partial charge in [-0.15, -0.1) is 11.8 Å². The predicted octanol–water partition coefficient (Wildman–Crippen LogP) is -0.433. The van der Waals surface area contributed by atoms with Crippen LogP contribution in [-0.2, 0) is 14.3 Å². The molecule has 0 unspecified atom stereocenters. The normalized spacial score (nSPS) is 32.2. The van der Waals surface area contributed by atoms with Crippen molar-refractivity contribution in [3.63, 3.8) is 0 Å². The maximum absolute atomic E-state index is 10.7. The quantitative estimate of drug-likeness (QED) is 0.533. The molecule has 5 heteroatoms. The number of methoxy groups -OCH3 is 1. The molecule has 1 fully saturated rings. The minimum atomic E-state index is -0.825. The lowest BCUT2D eigenvalue weighted by atomic mass is 10.7. The molecule has 0 radical (unpaired) electrons. The summed E-state index contributed by atoms with van der Waals surface area (Å²) in [6.07, 6.45) is -0.825. The number of ether oxygens (including phenoxy) is 2. The summed E-state index contributed by atoms with van der Waals surface area (Å²) in [6.45, 7) is 0. The zero-order chi connectivity index (χ0) is 7.56. The highest BCUT2D eigenvalue weighted by molar-refractivity contribution is 8.00. The smallest absolute Gasteiger partial charge is 0.345 e. The molecule has 0 amide bonds. The van der Waals surface area contributed by atoms with E-state index in [1.807, 2.05) is 0 Å². The van der Waals surface area contributed by atoms with Crippen molar-refractivity contribution in [1.82, 2.24) is 0 Å². The molecule has 1 aliphatic heterocycles. The Hall–Kier alpha value is -0.260. The van der Waals surface area contributed by atoms with Gasteiger partial charge in [0.05, 0.1) is 7.11 Å². The fourth-order valence-electron chi connectivity index (χ4n) is 0.611. The first-order chi connectivity index (χ1) is 4.74. The zero-order valence-corrected chi connectivity index (χ0v) is 6.26. The van der Waals surface area contributed by atoms with Gasteiger partial charge in [0, 0.05) is 5.75 Å². The van der Waals surface area contributed by atoms with Crippen molar-refractivity contribution in [1.29, 1.82) is 0 Å². The summed E-state index contributed by atoms with van der Waals surface area (Å²) in [4.78, 5) is 10.7. The van der Waals surface area contributed by atoms with Crippen molar-refractivity contribution in [2.75, 3.05) is 12.9 Å². The molecule has 0 saturated carbocycles. The van der Waals surface area contributed by atoms with Crippen LogP contribution in [0.5, 0.6) is 0 Å². The van der Waals surface area contributed by atoms with Crippen LogP contribution in [-0.4, -0.2) is 35.7 Å². The number of aliphatic hydroxyl groups is 1.